The Balaban J connectivity index is 2.28. The zero-order valence-electron chi connectivity index (χ0n) is 10.3. The van der Waals surface area contributed by atoms with Crippen LogP contribution in [0.2, 0.25) is 0 Å². The summed E-state index contributed by atoms with van der Waals surface area (Å²) in [6.45, 7) is 6.85. The fraction of sp³-hybridized carbons (Fsp3) is 0.818. The summed E-state index contributed by atoms with van der Waals surface area (Å²) in [6, 6.07) is 0.453. The summed E-state index contributed by atoms with van der Waals surface area (Å²) >= 11 is 1.69. The molecule has 2 N–H and O–H groups in total. The van der Waals surface area contributed by atoms with Gasteiger partial charge in [0.25, 0.3) is 0 Å². The van der Waals surface area contributed by atoms with E-state index >= 15 is 0 Å². The van der Waals surface area contributed by atoms with E-state index in [2.05, 4.69) is 40.2 Å². The number of nitrogens with two attached hydrogens (primary N) is 1. The Morgan fingerprint density at radius 2 is 2.25 bits per heavy atom. The van der Waals surface area contributed by atoms with E-state index < -0.39 is 0 Å². The molecule has 1 aromatic heterocycles. The van der Waals surface area contributed by atoms with Crippen LogP contribution < -0.4 is 5.32 Å². The van der Waals surface area contributed by atoms with E-state index in [4.69, 9.17) is 0 Å². The highest BCUT2D eigenvalue weighted by atomic mass is 32.2. The van der Waals surface area contributed by atoms with Crippen LogP contribution in [-0.2, 0) is 0 Å². The van der Waals surface area contributed by atoms with E-state index in [-0.39, 0.29) is 0 Å². The van der Waals surface area contributed by atoms with E-state index in [0.717, 1.165) is 5.16 Å². The summed E-state index contributed by atoms with van der Waals surface area (Å²) in [5.41, 5.74) is 0. The highest BCUT2D eigenvalue weighted by Gasteiger charge is 2.25. The number of hydrogen-bond donors (Lipinski definition) is 1. The van der Waals surface area contributed by atoms with Gasteiger partial charge in [0.05, 0.1) is 19.0 Å². The standard InChI is InChI=1S/C11H20N4S/c1-8(2)15-10(13-14-11(15)16-3)9-5-4-6-12-7-9/h8-9,12H,4-7H2,1-3H3/p+1/t9-/m0/s1. The summed E-state index contributed by atoms with van der Waals surface area (Å²) in [7, 11) is 0. The van der Waals surface area contributed by atoms with Gasteiger partial charge in [0, 0.05) is 6.04 Å². The van der Waals surface area contributed by atoms with Gasteiger partial charge in [0.2, 0.25) is 0 Å². The van der Waals surface area contributed by atoms with Crippen LogP contribution in [0.5, 0.6) is 0 Å². The molecule has 4 nitrogen and oxygen atoms in total. The predicted molar refractivity (Wildman–Crippen MR) is 65.8 cm³/mol. The van der Waals surface area contributed by atoms with Crippen LogP contribution in [0.3, 0.4) is 0 Å². The third-order valence-electron chi connectivity index (χ3n) is 3.17. The number of nitrogens with zero attached hydrogens (tertiary/aromatic N) is 3. The van der Waals surface area contributed by atoms with Crippen LogP contribution in [0.25, 0.3) is 0 Å². The minimum Gasteiger partial charge on any atom is -0.346 e. The van der Waals surface area contributed by atoms with Crippen molar-refractivity contribution in [2.75, 3.05) is 19.3 Å². The van der Waals surface area contributed by atoms with Crippen molar-refractivity contribution in [3.63, 3.8) is 0 Å². The third-order valence-corrected chi connectivity index (χ3v) is 3.81. The summed E-state index contributed by atoms with van der Waals surface area (Å²) in [5.74, 6) is 1.78. The molecule has 0 aromatic carbocycles. The zero-order chi connectivity index (χ0) is 11.5. The molecular weight excluding hydrogens is 220 g/mol. The smallest absolute Gasteiger partial charge is 0.191 e. The topological polar surface area (TPSA) is 47.3 Å². The first-order valence-corrected chi connectivity index (χ1v) is 7.27. The molecule has 1 aliphatic rings. The van der Waals surface area contributed by atoms with Crippen LogP contribution in [-0.4, -0.2) is 34.1 Å². The summed E-state index contributed by atoms with van der Waals surface area (Å²) in [4.78, 5) is 0. The molecule has 0 spiro atoms. The number of aromatic nitrogens is 3. The second-order valence-electron chi connectivity index (χ2n) is 4.66. The lowest BCUT2D eigenvalue weighted by molar-refractivity contribution is -0.665. The van der Waals surface area contributed by atoms with Gasteiger partial charge in [0.15, 0.2) is 5.16 Å². The largest absolute Gasteiger partial charge is 0.346 e. The molecule has 1 atom stereocenters. The second-order valence-corrected chi connectivity index (χ2v) is 5.43. The molecule has 2 rings (SSSR count). The Morgan fingerprint density at radius 1 is 1.44 bits per heavy atom. The lowest BCUT2D eigenvalue weighted by Gasteiger charge is -2.22. The Kier molecular flexibility index (Phi) is 3.86. The van der Waals surface area contributed by atoms with Gasteiger partial charge >= 0.3 is 0 Å². The average molecular weight is 241 g/mol. The minimum absolute atomic E-state index is 0.453. The maximum Gasteiger partial charge on any atom is 0.191 e. The molecule has 90 valence electrons. The Bertz CT molecular complexity index is 342. The molecule has 5 heteroatoms. The Hall–Kier alpha value is -0.550. The van der Waals surface area contributed by atoms with Gasteiger partial charge < -0.3 is 9.88 Å². The van der Waals surface area contributed by atoms with Crippen molar-refractivity contribution in [2.24, 2.45) is 0 Å². The average Bonchev–Trinajstić information content (AvgIpc) is 2.73. The third kappa shape index (κ3) is 2.25. The van der Waals surface area contributed by atoms with E-state index in [0.29, 0.717) is 12.0 Å². The van der Waals surface area contributed by atoms with E-state index in [1.54, 1.807) is 11.8 Å². The Morgan fingerprint density at radius 3 is 2.81 bits per heavy atom. The van der Waals surface area contributed by atoms with Gasteiger partial charge in [0.1, 0.15) is 5.82 Å². The van der Waals surface area contributed by atoms with Crippen molar-refractivity contribution in [1.29, 1.82) is 0 Å². The first-order chi connectivity index (χ1) is 7.74. The van der Waals surface area contributed by atoms with Crippen LogP contribution in [0.1, 0.15) is 44.5 Å². The molecule has 0 amide bonds. The van der Waals surface area contributed by atoms with Crippen LogP contribution in [0.15, 0.2) is 5.16 Å². The fourth-order valence-corrected chi connectivity index (χ4v) is 2.99. The summed E-state index contributed by atoms with van der Waals surface area (Å²) in [6.07, 6.45) is 4.62. The molecule has 1 aromatic rings. The van der Waals surface area contributed by atoms with Gasteiger partial charge in [-0.25, -0.2) is 0 Å². The van der Waals surface area contributed by atoms with Crippen molar-refractivity contribution in [3.05, 3.63) is 5.82 Å². The van der Waals surface area contributed by atoms with Crippen LogP contribution in [0.4, 0.5) is 0 Å². The van der Waals surface area contributed by atoms with E-state index in [9.17, 15) is 0 Å². The van der Waals surface area contributed by atoms with Crippen LogP contribution >= 0.6 is 11.8 Å². The van der Waals surface area contributed by atoms with E-state index in [1.807, 2.05) is 0 Å². The highest BCUT2D eigenvalue weighted by Crippen LogP contribution is 2.26. The number of quaternary nitrogens is 1. The lowest BCUT2D eigenvalue weighted by atomic mass is 9.98. The number of rotatable bonds is 3. The van der Waals surface area contributed by atoms with Gasteiger partial charge in [-0.1, -0.05) is 11.8 Å². The molecule has 1 aliphatic heterocycles. The molecule has 0 bridgehead atoms. The monoisotopic (exact) mass is 241 g/mol. The van der Waals surface area contributed by atoms with Crippen molar-refractivity contribution in [1.82, 2.24) is 14.8 Å². The van der Waals surface area contributed by atoms with E-state index in [1.165, 1.54) is 31.8 Å². The molecule has 0 saturated carbocycles. The lowest BCUT2D eigenvalue weighted by Crippen LogP contribution is -2.86. The van der Waals surface area contributed by atoms with Crippen molar-refractivity contribution in [2.45, 2.75) is 43.8 Å². The number of hydrogen-bond acceptors (Lipinski definition) is 3. The molecule has 0 aliphatic carbocycles. The molecular formula is C11H21N4S+. The van der Waals surface area contributed by atoms with Gasteiger partial charge in [-0.2, -0.15) is 0 Å². The van der Waals surface area contributed by atoms with Gasteiger partial charge in [-0.3, -0.25) is 0 Å². The minimum atomic E-state index is 0.453. The molecule has 2 heterocycles. The summed E-state index contributed by atoms with van der Waals surface area (Å²) < 4.78 is 2.30. The maximum absolute atomic E-state index is 4.40. The quantitative estimate of drug-likeness (QED) is 0.804. The highest BCUT2D eigenvalue weighted by molar-refractivity contribution is 7.98. The van der Waals surface area contributed by atoms with Crippen LogP contribution in [0, 0.1) is 0 Å². The van der Waals surface area contributed by atoms with Gasteiger partial charge in [-0.05, 0) is 32.9 Å². The molecule has 1 fully saturated rings. The molecule has 1 saturated heterocycles. The van der Waals surface area contributed by atoms with Gasteiger partial charge in [-0.15, -0.1) is 10.2 Å². The first-order valence-electron chi connectivity index (χ1n) is 6.04. The number of piperidine rings is 1. The second kappa shape index (κ2) is 5.19. The SMILES string of the molecule is CSc1nnc([C@H]2CCC[NH2+]C2)n1C(C)C. The van der Waals surface area contributed by atoms with Crippen molar-refractivity contribution >= 4 is 11.8 Å². The molecule has 0 radical (unpaired) electrons. The van der Waals surface area contributed by atoms with Crippen molar-refractivity contribution < 1.29 is 5.32 Å². The predicted octanol–water partition coefficient (Wildman–Crippen LogP) is 1.02. The first kappa shape index (κ1) is 11.9. The van der Waals surface area contributed by atoms with Crippen molar-refractivity contribution in [3.8, 4) is 0 Å². The Labute approximate surface area is 101 Å². The zero-order valence-corrected chi connectivity index (χ0v) is 11.1. The normalized spacial score (nSPS) is 21.6. The maximum atomic E-state index is 4.40. The molecule has 0 unspecified atom stereocenters. The molecule has 16 heavy (non-hydrogen) atoms. The number of thioether (sulfide) groups is 1. The fourth-order valence-electron chi connectivity index (χ4n) is 2.37. The summed E-state index contributed by atoms with van der Waals surface area (Å²) in [5, 5.41) is 12.1.